The minimum atomic E-state index is -4.82. The van der Waals surface area contributed by atoms with Crippen LogP contribution >= 0.6 is 0 Å². The third-order valence-electron chi connectivity index (χ3n) is 4.56. The zero-order valence-electron chi connectivity index (χ0n) is 16.4. The average molecular weight is 469 g/mol. The molecule has 0 saturated carbocycles. The van der Waals surface area contributed by atoms with Gasteiger partial charge in [-0.25, -0.2) is 14.3 Å². The average Bonchev–Trinajstić information content (AvgIpc) is 3.09. The lowest BCUT2D eigenvalue weighted by Gasteiger charge is -2.11. The van der Waals surface area contributed by atoms with E-state index in [1.807, 2.05) is 0 Å². The Hall–Kier alpha value is -3.96. The van der Waals surface area contributed by atoms with Crippen molar-refractivity contribution in [3.63, 3.8) is 0 Å². The van der Waals surface area contributed by atoms with Crippen molar-refractivity contribution in [2.75, 3.05) is 0 Å². The molecule has 12 heteroatoms. The van der Waals surface area contributed by atoms with Crippen molar-refractivity contribution < 1.29 is 35.8 Å². The molecule has 33 heavy (non-hydrogen) atoms. The Labute approximate surface area is 181 Å². The number of ether oxygens (including phenoxy) is 2. The van der Waals surface area contributed by atoms with Gasteiger partial charge in [0.05, 0.1) is 0 Å². The highest BCUT2D eigenvalue weighted by Crippen LogP contribution is 2.29. The standard InChI is InChI=1S/C21H13F6N3O3/c22-20(23,24)32-16-5-1-12(2-6-16)9-14-10-15(11-30-18(14)28-29-19(30)31)13-3-7-17(8-4-13)33-21(25,26)27/h1-8,10-11H,9H2,(H,29,31). The van der Waals surface area contributed by atoms with Crippen molar-refractivity contribution in [2.45, 2.75) is 19.1 Å². The van der Waals surface area contributed by atoms with Crippen molar-refractivity contribution in [3.8, 4) is 22.6 Å². The van der Waals surface area contributed by atoms with E-state index in [1.54, 1.807) is 6.07 Å². The maximum Gasteiger partial charge on any atom is 0.573 e. The van der Waals surface area contributed by atoms with Crippen molar-refractivity contribution in [2.24, 2.45) is 0 Å². The molecule has 4 rings (SSSR count). The Bertz CT molecular complexity index is 1320. The SMILES string of the molecule is O=c1[nH]nc2c(Cc3ccc(OC(F)(F)F)cc3)cc(-c3ccc(OC(F)(F)F)cc3)cn12. The highest BCUT2D eigenvalue weighted by Gasteiger charge is 2.31. The first-order chi connectivity index (χ1) is 15.5. The predicted octanol–water partition coefficient (Wildman–Crippen LogP) is 5.08. The molecule has 1 N–H and O–H groups in total. The number of hydrogen-bond acceptors (Lipinski definition) is 4. The maximum absolute atomic E-state index is 12.4. The predicted molar refractivity (Wildman–Crippen MR) is 104 cm³/mol. The number of rotatable bonds is 5. The molecule has 0 atom stereocenters. The largest absolute Gasteiger partial charge is 0.573 e. The van der Waals surface area contributed by atoms with Crippen LogP contribution in [-0.4, -0.2) is 27.3 Å². The highest BCUT2D eigenvalue weighted by atomic mass is 19.4. The zero-order chi connectivity index (χ0) is 23.8. The van der Waals surface area contributed by atoms with Crippen LogP contribution in [0.25, 0.3) is 16.8 Å². The molecule has 0 bridgehead atoms. The molecule has 4 aromatic rings. The molecule has 2 heterocycles. The highest BCUT2D eigenvalue weighted by molar-refractivity contribution is 5.68. The minimum Gasteiger partial charge on any atom is -0.406 e. The van der Waals surface area contributed by atoms with Gasteiger partial charge in [0.25, 0.3) is 0 Å². The monoisotopic (exact) mass is 469 g/mol. The van der Waals surface area contributed by atoms with Gasteiger partial charge in [-0.3, -0.25) is 0 Å². The van der Waals surface area contributed by atoms with Gasteiger partial charge in [-0.05, 0) is 47.0 Å². The Kier molecular flexibility index (Phi) is 5.52. The Balaban J connectivity index is 1.66. The summed E-state index contributed by atoms with van der Waals surface area (Å²) in [5.74, 6) is -0.767. The first-order valence-corrected chi connectivity index (χ1v) is 9.27. The number of hydrogen-bond donors (Lipinski definition) is 1. The molecule has 0 aliphatic carbocycles. The molecule has 0 aliphatic heterocycles. The van der Waals surface area contributed by atoms with E-state index < -0.39 is 24.2 Å². The Morgan fingerprint density at radius 3 is 1.91 bits per heavy atom. The van der Waals surface area contributed by atoms with Crippen molar-refractivity contribution >= 4 is 5.65 Å². The fourth-order valence-electron chi connectivity index (χ4n) is 3.25. The van der Waals surface area contributed by atoms with Gasteiger partial charge < -0.3 is 9.47 Å². The first kappa shape index (κ1) is 22.2. The van der Waals surface area contributed by atoms with Gasteiger partial charge in [-0.1, -0.05) is 24.3 Å². The Morgan fingerprint density at radius 2 is 1.36 bits per heavy atom. The molecular formula is C21H13F6N3O3. The van der Waals surface area contributed by atoms with E-state index in [0.717, 1.165) is 12.1 Å². The van der Waals surface area contributed by atoms with E-state index in [1.165, 1.54) is 47.0 Å². The van der Waals surface area contributed by atoms with E-state index in [4.69, 9.17) is 0 Å². The number of aromatic nitrogens is 3. The molecule has 0 fully saturated rings. The van der Waals surface area contributed by atoms with E-state index in [0.29, 0.717) is 27.9 Å². The molecule has 2 aromatic carbocycles. The number of aromatic amines is 1. The van der Waals surface area contributed by atoms with Crippen molar-refractivity contribution in [3.05, 3.63) is 82.4 Å². The normalized spacial score (nSPS) is 12.2. The van der Waals surface area contributed by atoms with Crippen LogP contribution in [0.1, 0.15) is 11.1 Å². The fraction of sp³-hybridized carbons (Fsp3) is 0.143. The van der Waals surface area contributed by atoms with Gasteiger partial charge in [-0.15, -0.1) is 26.3 Å². The molecule has 172 valence electrons. The summed E-state index contributed by atoms with van der Waals surface area (Å²) in [7, 11) is 0. The van der Waals surface area contributed by atoms with Gasteiger partial charge in [0.15, 0.2) is 5.65 Å². The van der Waals surface area contributed by atoms with Gasteiger partial charge in [0.1, 0.15) is 11.5 Å². The maximum atomic E-state index is 12.4. The Morgan fingerprint density at radius 1 is 0.818 bits per heavy atom. The quantitative estimate of drug-likeness (QED) is 0.414. The topological polar surface area (TPSA) is 68.6 Å². The number of nitrogens with one attached hydrogen (secondary N) is 1. The van der Waals surface area contributed by atoms with Crippen LogP contribution in [0, 0.1) is 0 Å². The third-order valence-corrected chi connectivity index (χ3v) is 4.56. The molecule has 0 saturated heterocycles. The second kappa shape index (κ2) is 8.19. The summed E-state index contributed by atoms with van der Waals surface area (Å²) in [5.41, 5.74) is 1.97. The lowest BCUT2D eigenvalue weighted by atomic mass is 10.0. The van der Waals surface area contributed by atoms with Crippen molar-refractivity contribution in [1.29, 1.82) is 0 Å². The summed E-state index contributed by atoms with van der Waals surface area (Å²) in [6.45, 7) is 0. The fourth-order valence-corrected chi connectivity index (χ4v) is 3.25. The van der Waals surface area contributed by atoms with Gasteiger partial charge in [0, 0.05) is 18.2 Å². The number of alkyl halides is 6. The van der Waals surface area contributed by atoms with Crippen LogP contribution in [-0.2, 0) is 6.42 Å². The molecule has 0 spiro atoms. The number of benzene rings is 2. The molecular weight excluding hydrogens is 456 g/mol. The summed E-state index contributed by atoms with van der Waals surface area (Å²) in [4.78, 5) is 12.1. The second-order valence-corrected chi connectivity index (χ2v) is 6.92. The summed E-state index contributed by atoms with van der Waals surface area (Å²) in [5, 5.41) is 6.30. The molecule has 6 nitrogen and oxygen atoms in total. The van der Waals surface area contributed by atoms with E-state index in [9.17, 15) is 31.1 Å². The third kappa shape index (κ3) is 5.45. The molecule has 2 aromatic heterocycles. The second-order valence-electron chi connectivity index (χ2n) is 6.92. The van der Waals surface area contributed by atoms with E-state index in [-0.39, 0.29) is 12.2 Å². The van der Waals surface area contributed by atoms with Crippen LogP contribution in [0.2, 0.25) is 0 Å². The van der Waals surface area contributed by atoms with Crippen LogP contribution in [0.3, 0.4) is 0 Å². The minimum absolute atomic E-state index is 0.212. The molecule has 0 amide bonds. The van der Waals surface area contributed by atoms with Gasteiger partial charge in [-0.2, -0.15) is 5.10 Å². The van der Waals surface area contributed by atoms with Crippen LogP contribution in [0.5, 0.6) is 11.5 Å². The van der Waals surface area contributed by atoms with Crippen molar-refractivity contribution in [1.82, 2.24) is 14.6 Å². The van der Waals surface area contributed by atoms with Crippen LogP contribution in [0.15, 0.2) is 65.6 Å². The number of pyridine rings is 1. The first-order valence-electron chi connectivity index (χ1n) is 9.27. The van der Waals surface area contributed by atoms with Gasteiger partial charge in [0.2, 0.25) is 0 Å². The lowest BCUT2D eigenvalue weighted by Crippen LogP contribution is -2.17. The molecule has 0 aliphatic rings. The lowest BCUT2D eigenvalue weighted by molar-refractivity contribution is -0.275. The summed E-state index contributed by atoms with van der Waals surface area (Å²) in [6, 6.07) is 12.0. The number of fused-ring (bicyclic) bond motifs is 1. The summed E-state index contributed by atoms with van der Waals surface area (Å²) in [6.07, 6.45) is -7.94. The zero-order valence-corrected chi connectivity index (χ0v) is 16.4. The number of H-pyrrole nitrogens is 1. The molecule has 0 unspecified atom stereocenters. The van der Waals surface area contributed by atoms with Crippen LogP contribution < -0.4 is 15.2 Å². The number of halogens is 6. The number of nitrogens with zero attached hydrogens (tertiary/aromatic N) is 2. The smallest absolute Gasteiger partial charge is 0.406 e. The van der Waals surface area contributed by atoms with E-state index in [2.05, 4.69) is 19.7 Å². The van der Waals surface area contributed by atoms with Gasteiger partial charge >= 0.3 is 18.4 Å². The summed E-state index contributed by atoms with van der Waals surface area (Å²) < 4.78 is 83.1. The van der Waals surface area contributed by atoms with E-state index >= 15 is 0 Å². The molecule has 0 radical (unpaired) electrons. The summed E-state index contributed by atoms with van der Waals surface area (Å²) >= 11 is 0. The van der Waals surface area contributed by atoms with Crippen LogP contribution in [0.4, 0.5) is 26.3 Å².